The molecule has 2 aromatic rings. The summed E-state index contributed by atoms with van der Waals surface area (Å²) in [4.78, 5) is 20.3. The summed E-state index contributed by atoms with van der Waals surface area (Å²) in [6, 6.07) is 12.7. The van der Waals surface area contributed by atoms with E-state index in [1.807, 2.05) is 0 Å². The zero-order valence-corrected chi connectivity index (χ0v) is 18.9. The average Bonchev–Trinajstić information content (AvgIpc) is 2.77. The highest BCUT2D eigenvalue weighted by molar-refractivity contribution is 6.40. The summed E-state index contributed by atoms with van der Waals surface area (Å²) in [5.74, 6) is -1.40. The number of aliphatic hydroxyl groups excluding tert-OH is 1. The van der Waals surface area contributed by atoms with E-state index in [9.17, 15) is 27.9 Å². The molecule has 2 unspecified atom stereocenters. The monoisotopic (exact) mass is 514 g/mol. The molecule has 0 saturated carbocycles. The Bertz CT molecular complexity index is 1140. The Morgan fingerprint density at radius 2 is 1.71 bits per heavy atom. The number of halogens is 5. The minimum Gasteiger partial charge on any atom is -0.479 e. The third kappa shape index (κ3) is 5.55. The predicted molar refractivity (Wildman–Crippen MR) is 121 cm³/mol. The number of rotatable bonds is 6. The summed E-state index contributed by atoms with van der Waals surface area (Å²) in [5.41, 5.74) is 0.540. The van der Waals surface area contributed by atoms with Crippen molar-refractivity contribution in [3.8, 4) is 0 Å². The van der Waals surface area contributed by atoms with Gasteiger partial charge in [0.1, 0.15) is 0 Å². The van der Waals surface area contributed by atoms with Gasteiger partial charge >= 0.3 is 18.2 Å². The highest BCUT2D eigenvalue weighted by atomic mass is 35.5. The van der Waals surface area contributed by atoms with E-state index in [2.05, 4.69) is 10.6 Å². The van der Waals surface area contributed by atoms with Crippen LogP contribution in [0.4, 0.5) is 18.0 Å². The van der Waals surface area contributed by atoms with E-state index in [-0.39, 0.29) is 34.0 Å². The molecule has 0 fully saturated rings. The number of carbonyl (C=O) groups excluding carboxylic acids is 1. The number of allylic oxidation sites excluding steroid dienone is 4. The van der Waals surface area contributed by atoms with Crippen molar-refractivity contribution >= 4 is 40.8 Å². The molecule has 0 heterocycles. The molecule has 0 spiro atoms. The van der Waals surface area contributed by atoms with Crippen LogP contribution in [0.2, 0.25) is 0 Å². The van der Waals surface area contributed by atoms with Crippen LogP contribution in [0, 0.1) is 0 Å². The molecule has 1 aliphatic carbocycles. The highest BCUT2D eigenvalue weighted by Crippen LogP contribution is 2.53. The molecule has 0 aliphatic heterocycles. The van der Waals surface area contributed by atoms with Gasteiger partial charge in [0.15, 0.2) is 11.0 Å². The molecule has 0 bridgehead atoms. The van der Waals surface area contributed by atoms with Gasteiger partial charge in [-0.25, -0.2) is 9.59 Å². The number of nitrogens with one attached hydrogen (secondary N) is 2. The molecule has 6 nitrogen and oxygen atoms in total. The Labute approximate surface area is 202 Å². The normalized spacial score (nSPS) is 19.3. The Morgan fingerprint density at radius 1 is 1.09 bits per heavy atom. The second kappa shape index (κ2) is 10.1. The largest absolute Gasteiger partial charge is 0.479 e. The lowest BCUT2D eigenvalue weighted by molar-refractivity contribution is -0.148. The van der Waals surface area contributed by atoms with E-state index in [4.69, 9.17) is 28.3 Å². The fourth-order valence-corrected chi connectivity index (χ4v) is 4.25. The lowest BCUT2D eigenvalue weighted by Crippen LogP contribution is -2.46. The summed E-state index contributed by atoms with van der Waals surface area (Å²) < 4.78 is 42.1. The number of aliphatic carboxylic acids is 1. The zero-order chi connectivity index (χ0) is 25.1. The van der Waals surface area contributed by atoms with Crippen LogP contribution in [0.5, 0.6) is 0 Å². The summed E-state index contributed by atoms with van der Waals surface area (Å²) >= 11 is 12.3. The van der Waals surface area contributed by atoms with Gasteiger partial charge in [-0.05, 0) is 22.8 Å². The van der Waals surface area contributed by atoms with Crippen LogP contribution in [-0.4, -0.2) is 33.3 Å². The molecule has 11 heteroatoms. The molecule has 4 N–H and O–H groups in total. The van der Waals surface area contributed by atoms with Gasteiger partial charge < -0.3 is 20.8 Å². The van der Waals surface area contributed by atoms with Crippen LogP contribution in [0.3, 0.4) is 0 Å². The Balaban J connectivity index is 1.73. The number of amides is 2. The van der Waals surface area contributed by atoms with Gasteiger partial charge in [-0.2, -0.15) is 13.2 Å². The van der Waals surface area contributed by atoms with E-state index in [1.165, 1.54) is 42.5 Å². The number of urea groups is 1. The minimum absolute atomic E-state index is 0.00726. The van der Waals surface area contributed by atoms with Crippen LogP contribution in [0.1, 0.15) is 29.2 Å². The maximum Gasteiger partial charge on any atom is 0.412 e. The number of carbonyl (C=O) groups is 2. The lowest BCUT2D eigenvalue weighted by atomic mass is 9.83. The van der Waals surface area contributed by atoms with Crippen molar-refractivity contribution in [3.05, 3.63) is 88.1 Å². The van der Waals surface area contributed by atoms with Gasteiger partial charge in [-0.1, -0.05) is 66.2 Å². The van der Waals surface area contributed by atoms with E-state index >= 15 is 0 Å². The van der Waals surface area contributed by atoms with Crippen molar-refractivity contribution in [2.75, 3.05) is 0 Å². The standard InChI is InChI=1S/C23H19Cl2F3N2O4/c24-17-10-16(11-22(25,23(26,27)28)18(17)14-4-2-1-3-5-14)30-21(34)29-12-13-6-8-15(9-7-13)19(31)20(32)33/h1-10,19,31H,11-12H2,(H,32,33)(H2,29,30,34). The van der Waals surface area contributed by atoms with Crippen molar-refractivity contribution < 1.29 is 33.0 Å². The molecule has 0 radical (unpaired) electrons. The van der Waals surface area contributed by atoms with E-state index < -0.39 is 35.6 Å². The first kappa shape index (κ1) is 25.6. The minimum atomic E-state index is -4.86. The summed E-state index contributed by atoms with van der Waals surface area (Å²) in [7, 11) is 0. The molecule has 2 aromatic carbocycles. The van der Waals surface area contributed by atoms with Crippen molar-refractivity contribution in [2.45, 2.75) is 30.1 Å². The quantitative estimate of drug-likeness (QED) is 0.404. The fourth-order valence-electron chi connectivity index (χ4n) is 3.44. The molecule has 3 rings (SSSR count). The van der Waals surface area contributed by atoms with Crippen LogP contribution in [0.25, 0.3) is 5.57 Å². The number of alkyl halides is 4. The maximum atomic E-state index is 14.0. The van der Waals surface area contributed by atoms with Crippen LogP contribution in [0.15, 0.2) is 71.4 Å². The smallest absolute Gasteiger partial charge is 0.412 e. The van der Waals surface area contributed by atoms with Gasteiger partial charge in [-0.15, -0.1) is 11.6 Å². The van der Waals surface area contributed by atoms with Crippen molar-refractivity contribution in [2.24, 2.45) is 0 Å². The van der Waals surface area contributed by atoms with Crippen molar-refractivity contribution in [1.82, 2.24) is 10.6 Å². The third-order valence-corrected chi connectivity index (χ3v) is 5.97. The van der Waals surface area contributed by atoms with Crippen molar-refractivity contribution in [3.63, 3.8) is 0 Å². The zero-order valence-electron chi connectivity index (χ0n) is 17.4. The Hall–Kier alpha value is -3.01. The molecule has 2 atom stereocenters. The SMILES string of the molecule is O=C(NCc1ccc(C(O)C(=O)O)cc1)NC1=CC(Cl)=C(c2ccccc2)C(Cl)(C(F)(F)F)C1. The fraction of sp³-hybridized carbons (Fsp3) is 0.217. The van der Waals surface area contributed by atoms with Gasteiger partial charge in [0.2, 0.25) is 0 Å². The summed E-state index contributed by atoms with van der Waals surface area (Å²) in [6.07, 6.45) is -6.04. The second-order valence-corrected chi connectivity index (χ2v) is 8.58. The first-order valence-corrected chi connectivity index (χ1v) is 10.6. The predicted octanol–water partition coefficient (Wildman–Crippen LogP) is 5.08. The Kier molecular flexibility index (Phi) is 7.60. The second-order valence-electron chi connectivity index (χ2n) is 7.52. The van der Waals surface area contributed by atoms with Gasteiger partial charge in [0, 0.05) is 29.3 Å². The van der Waals surface area contributed by atoms with Crippen LogP contribution in [-0.2, 0) is 11.3 Å². The number of hydrogen-bond donors (Lipinski definition) is 4. The summed E-state index contributed by atoms with van der Waals surface area (Å²) in [5, 5.41) is 22.9. The molecule has 180 valence electrons. The van der Waals surface area contributed by atoms with Gasteiger partial charge in [0.25, 0.3) is 0 Å². The van der Waals surface area contributed by atoms with Gasteiger partial charge in [0.05, 0.1) is 0 Å². The lowest BCUT2D eigenvalue weighted by Gasteiger charge is -2.36. The Morgan fingerprint density at radius 3 is 2.26 bits per heavy atom. The molecular weight excluding hydrogens is 496 g/mol. The third-order valence-electron chi connectivity index (χ3n) is 5.14. The average molecular weight is 515 g/mol. The number of hydrogen-bond acceptors (Lipinski definition) is 3. The van der Waals surface area contributed by atoms with E-state index in [0.29, 0.717) is 5.56 Å². The van der Waals surface area contributed by atoms with E-state index in [0.717, 1.165) is 0 Å². The molecular formula is C23H19Cl2F3N2O4. The molecule has 34 heavy (non-hydrogen) atoms. The van der Waals surface area contributed by atoms with Crippen molar-refractivity contribution in [1.29, 1.82) is 0 Å². The molecule has 0 aromatic heterocycles. The summed E-state index contributed by atoms with van der Waals surface area (Å²) in [6.45, 7) is -0.00726. The molecule has 1 aliphatic rings. The topological polar surface area (TPSA) is 98.7 Å². The van der Waals surface area contributed by atoms with Gasteiger partial charge in [-0.3, -0.25) is 0 Å². The number of aliphatic hydroxyl groups is 1. The van der Waals surface area contributed by atoms with E-state index in [1.54, 1.807) is 18.2 Å². The first-order valence-electron chi connectivity index (χ1n) is 9.89. The molecule has 2 amide bonds. The highest BCUT2D eigenvalue weighted by Gasteiger charge is 2.58. The number of carboxylic acids is 1. The number of benzene rings is 2. The molecule has 0 saturated heterocycles. The number of carboxylic acid groups (broad SMARTS) is 1. The maximum absolute atomic E-state index is 14.0. The first-order chi connectivity index (χ1) is 15.9. The van der Waals surface area contributed by atoms with Crippen LogP contribution >= 0.6 is 23.2 Å². The van der Waals surface area contributed by atoms with Crippen LogP contribution < -0.4 is 10.6 Å².